The van der Waals surface area contributed by atoms with Gasteiger partial charge in [-0.1, -0.05) is 42.2 Å². The first-order valence-corrected chi connectivity index (χ1v) is 9.76. The number of phenols is 1. The van der Waals surface area contributed by atoms with Gasteiger partial charge in [-0.2, -0.15) is 0 Å². The third-order valence-electron chi connectivity index (χ3n) is 3.79. The largest absolute Gasteiger partial charge is 0.508 e. The van der Waals surface area contributed by atoms with Crippen LogP contribution in [0.2, 0.25) is 0 Å². The highest BCUT2D eigenvalue weighted by molar-refractivity contribution is 8.26. The minimum atomic E-state index is -0.399. The molecule has 3 rings (SSSR count). The number of amides is 2. The van der Waals surface area contributed by atoms with Gasteiger partial charge in [-0.3, -0.25) is 14.5 Å². The van der Waals surface area contributed by atoms with Crippen LogP contribution in [-0.2, 0) is 9.59 Å². The number of rotatable bonds is 6. The van der Waals surface area contributed by atoms with Crippen LogP contribution in [0.15, 0.2) is 53.4 Å². The lowest BCUT2D eigenvalue weighted by Gasteiger charge is -2.14. The van der Waals surface area contributed by atoms with E-state index in [-0.39, 0.29) is 18.2 Å². The smallest absolute Gasteiger partial charge is 0.266 e. The third kappa shape index (κ3) is 4.90. The van der Waals surface area contributed by atoms with Gasteiger partial charge in [0.25, 0.3) is 5.91 Å². The molecule has 8 heteroatoms. The van der Waals surface area contributed by atoms with Crippen LogP contribution < -0.4 is 10.1 Å². The molecule has 1 aliphatic rings. The third-order valence-corrected chi connectivity index (χ3v) is 5.17. The van der Waals surface area contributed by atoms with E-state index < -0.39 is 5.91 Å². The van der Waals surface area contributed by atoms with Crippen molar-refractivity contribution >= 4 is 51.9 Å². The molecule has 2 aromatic rings. The molecular formula is C20H18N2O4S2. The predicted octanol–water partition coefficient (Wildman–Crippen LogP) is 3.63. The molecule has 1 aliphatic heterocycles. The maximum atomic E-state index is 12.6. The highest BCUT2D eigenvalue weighted by Crippen LogP contribution is 2.32. The van der Waals surface area contributed by atoms with Gasteiger partial charge in [0.1, 0.15) is 22.4 Å². The van der Waals surface area contributed by atoms with Crippen molar-refractivity contribution < 1.29 is 19.4 Å². The summed E-state index contributed by atoms with van der Waals surface area (Å²) in [5, 5.41) is 12.1. The average Bonchev–Trinajstić information content (AvgIpc) is 2.91. The van der Waals surface area contributed by atoms with Gasteiger partial charge in [0, 0.05) is 11.8 Å². The minimum absolute atomic E-state index is 0.0432. The molecule has 0 aromatic heterocycles. The number of nitrogens with one attached hydrogen (secondary N) is 1. The Hall–Kier alpha value is -2.84. The molecule has 1 heterocycles. The van der Waals surface area contributed by atoms with Crippen molar-refractivity contribution in [3.8, 4) is 11.5 Å². The Morgan fingerprint density at radius 3 is 2.71 bits per heavy atom. The van der Waals surface area contributed by atoms with Crippen molar-refractivity contribution in [1.82, 2.24) is 4.90 Å². The Morgan fingerprint density at radius 1 is 1.29 bits per heavy atom. The average molecular weight is 415 g/mol. The molecule has 2 N–H and O–H groups in total. The van der Waals surface area contributed by atoms with E-state index in [2.05, 4.69) is 5.32 Å². The molecule has 1 fully saturated rings. The Bertz CT molecular complexity index is 941. The van der Waals surface area contributed by atoms with Crippen molar-refractivity contribution in [2.75, 3.05) is 18.5 Å². The van der Waals surface area contributed by atoms with E-state index in [4.69, 9.17) is 17.0 Å². The maximum absolute atomic E-state index is 12.6. The van der Waals surface area contributed by atoms with Crippen molar-refractivity contribution in [1.29, 1.82) is 0 Å². The molecule has 1 saturated heterocycles. The van der Waals surface area contributed by atoms with Crippen molar-refractivity contribution in [2.24, 2.45) is 0 Å². The SMILES string of the molecule is CCOc1ccc(/C=C2/SC(=S)N(CC(=O)Nc3cccc(O)c3)C2=O)cc1. The molecule has 2 aromatic carbocycles. The van der Waals surface area contributed by atoms with E-state index >= 15 is 0 Å². The number of thioether (sulfide) groups is 1. The number of carbonyl (C=O) groups is 2. The van der Waals surface area contributed by atoms with E-state index in [9.17, 15) is 14.7 Å². The fraction of sp³-hybridized carbons (Fsp3) is 0.150. The Labute approximate surface area is 172 Å². The van der Waals surface area contributed by atoms with E-state index in [0.717, 1.165) is 23.1 Å². The number of hydrogen-bond acceptors (Lipinski definition) is 6. The van der Waals surface area contributed by atoms with E-state index in [0.29, 0.717) is 21.5 Å². The Morgan fingerprint density at radius 2 is 2.04 bits per heavy atom. The summed E-state index contributed by atoms with van der Waals surface area (Å²) in [6.07, 6.45) is 1.74. The zero-order valence-electron chi connectivity index (χ0n) is 15.0. The van der Waals surface area contributed by atoms with Gasteiger partial charge in [-0.05, 0) is 42.8 Å². The highest BCUT2D eigenvalue weighted by Gasteiger charge is 2.33. The lowest BCUT2D eigenvalue weighted by Crippen LogP contribution is -2.36. The van der Waals surface area contributed by atoms with Gasteiger partial charge in [0.05, 0.1) is 11.5 Å². The number of benzene rings is 2. The number of nitrogens with zero attached hydrogens (tertiary/aromatic N) is 1. The summed E-state index contributed by atoms with van der Waals surface area (Å²) in [5.74, 6) is 0.0941. The van der Waals surface area contributed by atoms with Crippen molar-refractivity contribution in [3.05, 3.63) is 59.0 Å². The summed E-state index contributed by atoms with van der Waals surface area (Å²) in [7, 11) is 0. The zero-order valence-corrected chi connectivity index (χ0v) is 16.7. The molecule has 0 spiro atoms. The molecule has 0 atom stereocenters. The van der Waals surface area contributed by atoms with Crippen molar-refractivity contribution in [3.63, 3.8) is 0 Å². The lowest BCUT2D eigenvalue weighted by atomic mass is 10.2. The first kappa shape index (κ1) is 19.9. The minimum Gasteiger partial charge on any atom is -0.508 e. The zero-order chi connectivity index (χ0) is 20.1. The monoisotopic (exact) mass is 414 g/mol. The molecule has 28 heavy (non-hydrogen) atoms. The van der Waals surface area contributed by atoms with E-state index in [1.54, 1.807) is 18.2 Å². The van der Waals surface area contributed by atoms with Crippen LogP contribution in [0.1, 0.15) is 12.5 Å². The van der Waals surface area contributed by atoms with Crippen LogP contribution in [0.25, 0.3) is 6.08 Å². The summed E-state index contributed by atoms with van der Waals surface area (Å²) in [6.45, 7) is 2.31. The van der Waals surface area contributed by atoms with Crippen LogP contribution in [0, 0.1) is 0 Å². The number of hydrogen-bond donors (Lipinski definition) is 2. The maximum Gasteiger partial charge on any atom is 0.266 e. The molecule has 0 aliphatic carbocycles. The molecule has 6 nitrogen and oxygen atoms in total. The molecule has 144 valence electrons. The lowest BCUT2D eigenvalue weighted by molar-refractivity contribution is -0.126. The van der Waals surface area contributed by atoms with Crippen LogP contribution >= 0.6 is 24.0 Å². The molecule has 0 bridgehead atoms. The summed E-state index contributed by atoms with van der Waals surface area (Å²) < 4.78 is 5.73. The fourth-order valence-electron chi connectivity index (χ4n) is 2.54. The van der Waals surface area contributed by atoms with Crippen LogP contribution in [0.5, 0.6) is 11.5 Å². The summed E-state index contributed by atoms with van der Waals surface area (Å²) in [6, 6.07) is 13.6. The van der Waals surface area contributed by atoms with E-state index in [1.165, 1.54) is 17.0 Å². The topological polar surface area (TPSA) is 78.9 Å². The Kier molecular flexibility index (Phi) is 6.33. The van der Waals surface area contributed by atoms with Gasteiger partial charge in [-0.15, -0.1) is 0 Å². The first-order chi connectivity index (χ1) is 13.5. The van der Waals surface area contributed by atoms with Gasteiger partial charge in [-0.25, -0.2) is 0 Å². The van der Waals surface area contributed by atoms with E-state index in [1.807, 2.05) is 31.2 Å². The standard InChI is InChI=1S/C20H18N2O4S2/c1-2-26-16-8-6-13(7-9-16)10-17-19(25)22(20(27)28-17)12-18(24)21-14-4-3-5-15(23)11-14/h3-11,23H,2,12H2,1H3,(H,21,24)/b17-10+. The van der Waals surface area contributed by atoms with Crippen molar-refractivity contribution in [2.45, 2.75) is 6.92 Å². The molecular weight excluding hydrogens is 396 g/mol. The fourth-order valence-corrected chi connectivity index (χ4v) is 3.80. The summed E-state index contributed by atoms with van der Waals surface area (Å²) >= 11 is 6.42. The number of anilines is 1. The number of ether oxygens (including phenoxy) is 1. The predicted molar refractivity (Wildman–Crippen MR) is 114 cm³/mol. The van der Waals surface area contributed by atoms with Gasteiger partial charge < -0.3 is 15.2 Å². The number of thiocarbonyl (C=S) groups is 1. The Balaban J connectivity index is 1.66. The first-order valence-electron chi connectivity index (χ1n) is 8.53. The highest BCUT2D eigenvalue weighted by atomic mass is 32.2. The number of carbonyl (C=O) groups excluding carboxylic acids is 2. The second-order valence-electron chi connectivity index (χ2n) is 5.87. The summed E-state index contributed by atoms with van der Waals surface area (Å²) in [5.41, 5.74) is 1.29. The van der Waals surface area contributed by atoms with Gasteiger partial charge in [0.2, 0.25) is 5.91 Å². The van der Waals surface area contributed by atoms with Crippen LogP contribution in [-0.4, -0.2) is 39.3 Å². The normalized spacial score (nSPS) is 15.2. The number of aromatic hydroxyl groups is 1. The molecule has 2 amide bonds. The van der Waals surface area contributed by atoms with Gasteiger partial charge >= 0.3 is 0 Å². The quantitative estimate of drug-likeness (QED) is 0.555. The number of phenolic OH excluding ortho intramolecular Hbond substituents is 1. The van der Waals surface area contributed by atoms with Crippen LogP contribution in [0.3, 0.4) is 0 Å². The second kappa shape index (κ2) is 8.90. The summed E-state index contributed by atoms with van der Waals surface area (Å²) in [4.78, 5) is 26.6. The van der Waals surface area contributed by atoms with Crippen LogP contribution in [0.4, 0.5) is 5.69 Å². The molecule has 0 unspecified atom stereocenters. The van der Waals surface area contributed by atoms with Gasteiger partial charge in [0.15, 0.2) is 0 Å². The molecule has 0 radical (unpaired) electrons. The molecule has 0 saturated carbocycles. The second-order valence-corrected chi connectivity index (χ2v) is 7.54.